The molecule has 0 spiro atoms. The molecular formula is C15H19NO2. The highest BCUT2D eigenvalue weighted by Crippen LogP contribution is 2.53. The third-order valence-electron chi connectivity index (χ3n) is 4.33. The van der Waals surface area contributed by atoms with Crippen LogP contribution in [0.2, 0.25) is 0 Å². The fraction of sp³-hybridized carbons (Fsp3) is 0.533. The number of carbonyl (C=O) groups excluding carboxylic acids is 1. The third-order valence-corrected chi connectivity index (χ3v) is 4.33. The van der Waals surface area contributed by atoms with Gasteiger partial charge >= 0.3 is 5.97 Å². The SMILES string of the molecule is COC(=O)C[C@H]1[C@H]2CN(Cc3ccccc3)C[C@@H]12. The average molecular weight is 245 g/mol. The van der Waals surface area contributed by atoms with Crippen molar-refractivity contribution in [2.24, 2.45) is 17.8 Å². The van der Waals surface area contributed by atoms with Gasteiger partial charge in [0.05, 0.1) is 7.11 Å². The highest BCUT2D eigenvalue weighted by atomic mass is 16.5. The van der Waals surface area contributed by atoms with Gasteiger partial charge in [-0.1, -0.05) is 30.3 Å². The van der Waals surface area contributed by atoms with Gasteiger partial charge in [-0.15, -0.1) is 0 Å². The zero-order chi connectivity index (χ0) is 12.5. The van der Waals surface area contributed by atoms with Crippen LogP contribution < -0.4 is 0 Å². The second kappa shape index (κ2) is 4.73. The van der Waals surface area contributed by atoms with E-state index in [1.165, 1.54) is 12.7 Å². The molecule has 1 aliphatic carbocycles. The number of fused-ring (bicyclic) bond motifs is 1. The second-order valence-electron chi connectivity index (χ2n) is 5.45. The van der Waals surface area contributed by atoms with Crippen LogP contribution in [0.25, 0.3) is 0 Å². The number of methoxy groups -OCH3 is 1. The number of rotatable bonds is 4. The Bertz CT molecular complexity index is 419. The van der Waals surface area contributed by atoms with Crippen LogP contribution in [-0.2, 0) is 16.1 Å². The maximum atomic E-state index is 11.2. The quantitative estimate of drug-likeness (QED) is 0.759. The van der Waals surface area contributed by atoms with E-state index in [4.69, 9.17) is 4.74 Å². The van der Waals surface area contributed by atoms with Crippen molar-refractivity contribution in [2.45, 2.75) is 13.0 Å². The van der Waals surface area contributed by atoms with Crippen LogP contribution >= 0.6 is 0 Å². The Hall–Kier alpha value is -1.35. The van der Waals surface area contributed by atoms with Crippen molar-refractivity contribution in [2.75, 3.05) is 20.2 Å². The minimum atomic E-state index is -0.0518. The third kappa shape index (κ3) is 2.27. The van der Waals surface area contributed by atoms with Crippen molar-refractivity contribution in [3.05, 3.63) is 35.9 Å². The summed E-state index contributed by atoms with van der Waals surface area (Å²) in [6, 6.07) is 10.6. The number of likely N-dealkylation sites (tertiary alicyclic amines) is 1. The number of esters is 1. The maximum absolute atomic E-state index is 11.2. The molecule has 1 saturated carbocycles. The summed E-state index contributed by atoms with van der Waals surface area (Å²) in [5.74, 6) is 1.99. The van der Waals surface area contributed by atoms with Gasteiger partial charge in [0.1, 0.15) is 0 Å². The molecule has 1 aromatic carbocycles. The first-order valence-corrected chi connectivity index (χ1v) is 6.61. The lowest BCUT2D eigenvalue weighted by Crippen LogP contribution is -2.24. The Labute approximate surface area is 108 Å². The van der Waals surface area contributed by atoms with E-state index < -0.39 is 0 Å². The first-order valence-electron chi connectivity index (χ1n) is 6.61. The molecule has 0 amide bonds. The molecule has 1 aliphatic heterocycles. The molecule has 0 aromatic heterocycles. The molecule has 0 N–H and O–H groups in total. The van der Waals surface area contributed by atoms with Gasteiger partial charge in [-0.05, 0) is 23.3 Å². The van der Waals surface area contributed by atoms with Crippen molar-refractivity contribution < 1.29 is 9.53 Å². The normalized spacial score (nSPS) is 29.9. The van der Waals surface area contributed by atoms with E-state index in [0.717, 1.165) is 31.5 Å². The average Bonchev–Trinajstić information content (AvgIpc) is 2.85. The smallest absolute Gasteiger partial charge is 0.305 e. The molecule has 3 atom stereocenters. The molecule has 1 aromatic rings. The number of benzene rings is 1. The van der Waals surface area contributed by atoms with E-state index in [1.54, 1.807) is 0 Å². The van der Waals surface area contributed by atoms with Gasteiger partial charge in [-0.3, -0.25) is 9.69 Å². The largest absolute Gasteiger partial charge is 0.469 e. The van der Waals surface area contributed by atoms with Crippen molar-refractivity contribution >= 4 is 5.97 Å². The monoisotopic (exact) mass is 245 g/mol. The van der Waals surface area contributed by atoms with Gasteiger partial charge < -0.3 is 4.74 Å². The zero-order valence-corrected chi connectivity index (χ0v) is 10.7. The highest BCUT2D eigenvalue weighted by molar-refractivity contribution is 5.70. The van der Waals surface area contributed by atoms with Crippen LogP contribution in [0.4, 0.5) is 0 Å². The summed E-state index contributed by atoms with van der Waals surface area (Å²) in [7, 11) is 1.47. The van der Waals surface area contributed by atoms with Crippen LogP contribution in [0.1, 0.15) is 12.0 Å². The van der Waals surface area contributed by atoms with Gasteiger partial charge in [-0.25, -0.2) is 0 Å². The standard InChI is InChI=1S/C15H19NO2/c1-18-15(17)7-12-13-9-16(10-14(12)13)8-11-5-3-2-4-6-11/h2-6,12-14H,7-10H2,1H3/t12-,13+,14-. The first-order chi connectivity index (χ1) is 8.78. The Morgan fingerprint density at radius 3 is 2.56 bits per heavy atom. The van der Waals surface area contributed by atoms with Crippen LogP contribution in [0, 0.1) is 17.8 Å². The molecule has 1 saturated heterocycles. The topological polar surface area (TPSA) is 29.5 Å². The predicted octanol–water partition coefficient (Wildman–Crippen LogP) is 1.93. The van der Waals surface area contributed by atoms with Crippen molar-refractivity contribution in [1.82, 2.24) is 4.90 Å². The van der Waals surface area contributed by atoms with Gasteiger partial charge in [-0.2, -0.15) is 0 Å². The Balaban J connectivity index is 1.48. The van der Waals surface area contributed by atoms with Crippen molar-refractivity contribution in [1.29, 1.82) is 0 Å². The summed E-state index contributed by atoms with van der Waals surface area (Å²) in [5, 5.41) is 0. The second-order valence-corrected chi connectivity index (χ2v) is 5.45. The molecule has 1 heterocycles. The van der Waals surface area contributed by atoms with E-state index in [-0.39, 0.29) is 5.97 Å². The van der Waals surface area contributed by atoms with Gasteiger partial charge in [0.25, 0.3) is 0 Å². The van der Waals surface area contributed by atoms with E-state index >= 15 is 0 Å². The molecule has 3 rings (SSSR count). The summed E-state index contributed by atoms with van der Waals surface area (Å²) < 4.78 is 4.74. The van der Waals surface area contributed by atoms with Crippen LogP contribution in [0.15, 0.2) is 30.3 Å². The minimum Gasteiger partial charge on any atom is -0.469 e. The molecule has 3 nitrogen and oxygen atoms in total. The van der Waals surface area contributed by atoms with Gasteiger partial charge in [0.15, 0.2) is 0 Å². The van der Waals surface area contributed by atoms with E-state index in [2.05, 4.69) is 35.2 Å². The molecule has 0 radical (unpaired) electrons. The first kappa shape index (κ1) is 11.7. The highest BCUT2D eigenvalue weighted by Gasteiger charge is 2.55. The lowest BCUT2D eigenvalue weighted by molar-refractivity contribution is -0.141. The molecule has 0 unspecified atom stereocenters. The lowest BCUT2D eigenvalue weighted by Gasteiger charge is -2.19. The van der Waals surface area contributed by atoms with E-state index in [9.17, 15) is 4.79 Å². The Kier molecular flexibility index (Phi) is 3.08. The Morgan fingerprint density at radius 2 is 1.94 bits per heavy atom. The molecule has 0 bridgehead atoms. The molecule has 3 heteroatoms. The van der Waals surface area contributed by atoms with Crippen LogP contribution in [-0.4, -0.2) is 31.1 Å². The van der Waals surface area contributed by atoms with E-state index in [0.29, 0.717) is 12.3 Å². The summed E-state index contributed by atoms with van der Waals surface area (Å²) >= 11 is 0. The van der Waals surface area contributed by atoms with Crippen LogP contribution in [0.3, 0.4) is 0 Å². The lowest BCUT2D eigenvalue weighted by atomic mass is 10.1. The fourth-order valence-corrected chi connectivity index (χ4v) is 3.29. The summed E-state index contributed by atoms with van der Waals surface area (Å²) in [4.78, 5) is 13.7. The molecular weight excluding hydrogens is 226 g/mol. The van der Waals surface area contributed by atoms with E-state index in [1.807, 2.05) is 0 Å². The summed E-state index contributed by atoms with van der Waals surface area (Å²) in [5.41, 5.74) is 1.38. The predicted molar refractivity (Wildman–Crippen MR) is 68.8 cm³/mol. The molecule has 96 valence electrons. The fourth-order valence-electron chi connectivity index (χ4n) is 3.29. The summed E-state index contributed by atoms with van der Waals surface area (Å²) in [6.45, 7) is 3.32. The minimum absolute atomic E-state index is 0.0518. The molecule has 2 aliphatic rings. The number of hydrogen-bond acceptors (Lipinski definition) is 3. The number of nitrogens with zero attached hydrogens (tertiary/aromatic N) is 1. The van der Waals surface area contributed by atoms with Gasteiger partial charge in [0, 0.05) is 26.1 Å². The number of piperidine rings is 1. The maximum Gasteiger partial charge on any atom is 0.305 e. The number of carbonyl (C=O) groups is 1. The van der Waals surface area contributed by atoms with Crippen molar-refractivity contribution in [3.63, 3.8) is 0 Å². The number of ether oxygens (including phenoxy) is 1. The van der Waals surface area contributed by atoms with Crippen LogP contribution in [0.5, 0.6) is 0 Å². The number of hydrogen-bond donors (Lipinski definition) is 0. The molecule has 18 heavy (non-hydrogen) atoms. The van der Waals surface area contributed by atoms with Gasteiger partial charge in [0.2, 0.25) is 0 Å². The van der Waals surface area contributed by atoms with Crippen molar-refractivity contribution in [3.8, 4) is 0 Å². The molecule has 2 fully saturated rings. The Morgan fingerprint density at radius 1 is 1.28 bits per heavy atom. The zero-order valence-electron chi connectivity index (χ0n) is 10.7. The summed E-state index contributed by atoms with van der Waals surface area (Å²) in [6.07, 6.45) is 0.616.